The van der Waals surface area contributed by atoms with E-state index < -0.39 is 34.8 Å². The maximum Gasteiger partial charge on any atom is 0.352 e. The fourth-order valence-electron chi connectivity index (χ4n) is 5.66. The molecule has 2 unspecified atom stereocenters. The first-order valence-electron chi connectivity index (χ1n) is 13.0. The number of ether oxygens (including phenoxy) is 1. The summed E-state index contributed by atoms with van der Waals surface area (Å²) in [5.41, 5.74) is 2.39. The molecule has 4 aliphatic rings. The standard InChI is InChI=1S/C29H25Cl2N3O6S2/c1-29(2)16-8-14(5-6-18(16)32-19-10-17(30)25(36)22(31)21(19)29)40-11-13-12-42-27-23(26(37)34(27)24(13)28(38)39)33-20(35)9-15-4-3-7-41-15/h3-8,10,23,26-27,37H,9,11-12H2,1-2H3,(H,33,35)(H,38,39)/t23?,26-,27?/m0/s1. The Balaban J connectivity index is 1.20. The summed E-state index contributed by atoms with van der Waals surface area (Å²) in [6.07, 6.45) is 0.553. The van der Waals surface area contributed by atoms with E-state index in [2.05, 4.69) is 10.3 Å². The van der Waals surface area contributed by atoms with Gasteiger partial charge in [-0.05, 0) is 41.3 Å². The number of thioether (sulfide) groups is 1. The van der Waals surface area contributed by atoms with Gasteiger partial charge in [0.05, 0.1) is 27.9 Å². The molecule has 1 aliphatic carbocycles. The van der Waals surface area contributed by atoms with Crippen LogP contribution in [0, 0.1) is 0 Å². The van der Waals surface area contributed by atoms with Crippen LogP contribution in [0.15, 0.2) is 73.7 Å². The summed E-state index contributed by atoms with van der Waals surface area (Å²) in [6, 6.07) is 8.49. The normalized spacial score (nSPS) is 24.2. The number of halogens is 2. The zero-order valence-electron chi connectivity index (χ0n) is 22.4. The average molecular weight is 647 g/mol. The second-order valence-corrected chi connectivity index (χ2v) is 13.7. The largest absolute Gasteiger partial charge is 0.489 e. The van der Waals surface area contributed by atoms with E-state index in [1.54, 1.807) is 12.1 Å². The zero-order valence-corrected chi connectivity index (χ0v) is 25.5. The quantitative estimate of drug-likeness (QED) is 0.377. The van der Waals surface area contributed by atoms with Crippen molar-refractivity contribution in [1.29, 1.82) is 0 Å². The number of nitrogens with zero attached hydrogens (tertiary/aromatic N) is 2. The van der Waals surface area contributed by atoms with Crippen molar-refractivity contribution in [1.82, 2.24) is 10.2 Å². The maximum absolute atomic E-state index is 12.5. The van der Waals surface area contributed by atoms with Gasteiger partial charge in [-0.1, -0.05) is 43.1 Å². The molecule has 0 radical (unpaired) electrons. The summed E-state index contributed by atoms with van der Waals surface area (Å²) in [5, 5.41) is 25.3. The number of amides is 1. The van der Waals surface area contributed by atoms with Crippen molar-refractivity contribution in [2.24, 2.45) is 4.99 Å². The minimum absolute atomic E-state index is 0.0104. The van der Waals surface area contributed by atoms with Gasteiger partial charge in [-0.25, -0.2) is 9.79 Å². The Morgan fingerprint density at radius 1 is 1.26 bits per heavy atom. The smallest absolute Gasteiger partial charge is 0.352 e. The lowest BCUT2D eigenvalue weighted by atomic mass is 9.71. The Hall–Kier alpha value is -3.09. The summed E-state index contributed by atoms with van der Waals surface area (Å²) in [6.45, 7) is 3.85. The number of carbonyl (C=O) groups is 3. The summed E-state index contributed by atoms with van der Waals surface area (Å²) in [4.78, 5) is 44.3. The van der Waals surface area contributed by atoms with Gasteiger partial charge in [-0.15, -0.1) is 23.1 Å². The number of nitrogens with one attached hydrogen (secondary N) is 1. The molecule has 0 saturated carbocycles. The third-order valence-electron chi connectivity index (χ3n) is 7.73. The number of fused-ring (bicyclic) bond motifs is 3. The molecule has 3 N–H and O–H groups in total. The van der Waals surface area contributed by atoms with E-state index in [1.165, 1.54) is 34.1 Å². The molecule has 13 heteroatoms. The highest BCUT2D eigenvalue weighted by molar-refractivity contribution is 8.00. The Kier molecular flexibility index (Phi) is 7.51. The number of rotatable bonds is 7. The van der Waals surface area contributed by atoms with Gasteiger partial charge in [0.15, 0.2) is 6.23 Å². The van der Waals surface area contributed by atoms with Crippen LogP contribution in [0.2, 0.25) is 0 Å². The van der Waals surface area contributed by atoms with Crippen molar-refractivity contribution >= 4 is 75.4 Å². The van der Waals surface area contributed by atoms with Gasteiger partial charge >= 0.3 is 5.97 Å². The highest BCUT2D eigenvalue weighted by atomic mass is 35.5. The highest BCUT2D eigenvalue weighted by Crippen LogP contribution is 2.48. The van der Waals surface area contributed by atoms with Crippen LogP contribution in [0.3, 0.4) is 0 Å². The van der Waals surface area contributed by atoms with Crippen molar-refractivity contribution < 1.29 is 29.3 Å². The van der Waals surface area contributed by atoms with Crippen LogP contribution in [0.1, 0.15) is 24.3 Å². The minimum Gasteiger partial charge on any atom is -0.489 e. The Bertz CT molecular complexity index is 1650. The van der Waals surface area contributed by atoms with Crippen molar-refractivity contribution in [3.05, 3.63) is 79.1 Å². The third kappa shape index (κ3) is 4.87. The van der Waals surface area contributed by atoms with E-state index in [0.29, 0.717) is 34.0 Å². The van der Waals surface area contributed by atoms with Crippen LogP contribution in [0.4, 0.5) is 5.69 Å². The minimum atomic E-state index is -1.18. The molecule has 3 aliphatic heterocycles. The van der Waals surface area contributed by atoms with Crippen LogP contribution in [-0.2, 0) is 26.2 Å². The number of hydrogen-bond donors (Lipinski definition) is 3. The van der Waals surface area contributed by atoms with E-state index >= 15 is 0 Å². The number of benzene rings is 1. The molecule has 1 aromatic carbocycles. The number of hydrogen-bond acceptors (Lipinski definition) is 9. The predicted molar refractivity (Wildman–Crippen MR) is 163 cm³/mol. The monoisotopic (exact) mass is 645 g/mol. The number of carboxylic acid groups (broad SMARTS) is 1. The fraction of sp³-hybridized carbons (Fsp3) is 0.310. The Morgan fingerprint density at radius 3 is 2.76 bits per heavy atom. The second kappa shape index (κ2) is 10.9. The summed E-state index contributed by atoms with van der Waals surface area (Å²) < 4.78 is 6.07. The van der Waals surface area contributed by atoms with Crippen molar-refractivity contribution in [3.63, 3.8) is 0 Å². The molecular weight excluding hydrogens is 621 g/mol. The molecule has 1 amide bonds. The molecule has 9 nitrogen and oxygen atoms in total. The SMILES string of the molecule is CC1(C)C2=C(Cl)C(=O)C(Cl)=CC2=Nc2ccc(OCC3=C(C(=O)O)N4C(SC3)C(NC(=O)Cc3cccs3)[C@@H]4O)cc21. The van der Waals surface area contributed by atoms with Crippen LogP contribution in [-0.4, -0.2) is 68.5 Å². The first-order valence-corrected chi connectivity index (χ1v) is 15.7. The van der Waals surface area contributed by atoms with E-state index in [0.717, 1.165) is 10.4 Å². The van der Waals surface area contributed by atoms with E-state index in [-0.39, 0.29) is 34.7 Å². The highest BCUT2D eigenvalue weighted by Gasteiger charge is 2.53. The third-order valence-corrected chi connectivity index (χ3v) is 10.6. The number of aliphatic hydroxyl groups excluding tert-OH is 1. The summed E-state index contributed by atoms with van der Waals surface area (Å²) >= 11 is 15.4. The number of aliphatic imine (C=N–C) groups is 1. The fourth-order valence-corrected chi connectivity index (χ4v) is 8.44. The van der Waals surface area contributed by atoms with Crippen molar-refractivity contribution in [2.45, 2.75) is 43.3 Å². The number of aliphatic carboxylic acids is 1. The molecule has 1 fully saturated rings. The molecule has 218 valence electrons. The molecule has 1 saturated heterocycles. The number of aliphatic hydroxyl groups is 1. The van der Waals surface area contributed by atoms with Gasteiger partial charge in [0.25, 0.3) is 0 Å². The van der Waals surface area contributed by atoms with E-state index in [9.17, 15) is 24.6 Å². The number of ketones is 1. The number of carbonyl (C=O) groups excluding carboxylic acids is 2. The molecule has 3 atom stereocenters. The van der Waals surface area contributed by atoms with Gasteiger partial charge < -0.3 is 25.2 Å². The van der Waals surface area contributed by atoms with Gasteiger partial charge in [0.1, 0.15) is 29.5 Å². The molecule has 1 aromatic heterocycles. The lowest BCUT2D eigenvalue weighted by molar-refractivity contribution is -0.147. The number of carboxylic acids is 1. The van der Waals surface area contributed by atoms with Crippen LogP contribution < -0.4 is 10.1 Å². The van der Waals surface area contributed by atoms with E-state index in [1.807, 2.05) is 37.4 Å². The van der Waals surface area contributed by atoms with E-state index in [4.69, 9.17) is 27.9 Å². The molecule has 4 heterocycles. The molecule has 42 heavy (non-hydrogen) atoms. The van der Waals surface area contributed by atoms with Crippen LogP contribution >= 0.6 is 46.3 Å². The van der Waals surface area contributed by atoms with Gasteiger partial charge in [0.2, 0.25) is 11.7 Å². The predicted octanol–water partition coefficient (Wildman–Crippen LogP) is 4.46. The van der Waals surface area contributed by atoms with Crippen molar-refractivity contribution in [2.75, 3.05) is 12.4 Å². The van der Waals surface area contributed by atoms with Crippen LogP contribution in [0.25, 0.3) is 0 Å². The summed E-state index contributed by atoms with van der Waals surface area (Å²) in [7, 11) is 0. The average Bonchev–Trinajstić information content (AvgIpc) is 3.45. The molecule has 0 bridgehead atoms. The first kappa shape index (κ1) is 29.0. The number of Topliss-reactive ketones (excluding diaryl/α,β-unsaturated/α-hetero) is 1. The van der Waals surface area contributed by atoms with Gasteiger partial charge in [-0.3, -0.25) is 9.59 Å². The van der Waals surface area contributed by atoms with Crippen molar-refractivity contribution in [3.8, 4) is 5.75 Å². The maximum atomic E-state index is 12.5. The molecule has 2 aromatic rings. The van der Waals surface area contributed by atoms with Crippen LogP contribution in [0.5, 0.6) is 5.75 Å². The van der Waals surface area contributed by atoms with Gasteiger partial charge in [-0.2, -0.15) is 0 Å². The topological polar surface area (TPSA) is 129 Å². The Labute approximate surface area is 259 Å². The lowest BCUT2D eigenvalue weighted by Gasteiger charge is -2.55. The number of allylic oxidation sites excluding steroid dienone is 4. The summed E-state index contributed by atoms with van der Waals surface area (Å²) in [5.74, 6) is -1.01. The number of thiophene rings is 1. The second-order valence-electron chi connectivity index (χ2n) is 10.7. The van der Waals surface area contributed by atoms with Gasteiger partial charge in [0, 0.05) is 27.2 Å². The molecule has 0 spiro atoms. The first-order chi connectivity index (χ1) is 20.0. The zero-order chi connectivity index (χ0) is 29.9. The molecule has 6 rings (SSSR count). The molecular formula is C29H25Cl2N3O6S2. The Morgan fingerprint density at radius 2 is 2.05 bits per heavy atom. The lowest BCUT2D eigenvalue weighted by Crippen LogP contribution is -2.73.